The van der Waals surface area contributed by atoms with Gasteiger partial charge in [0.2, 0.25) is 5.91 Å². The minimum absolute atomic E-state index is 0.131. The van der Waals surface area contributed by atoms with Crippen molar-refractivity contribution in [2.45, 2.75) is 13.5 Å². The lowest BCUT2D eigenvalue weighted by Gasteiger charge is -2.09. The largest absolute Gasteiger partial charge is 0.335 e. The summed E-state index contributed by atoms with van der Waals surface area (Å²) in [5.41, 5.74) is 3.06. The minimum Gasteiger partial charge on any atom is -0.335 e. The van der Waals surface area contributed by atoms with Gasteiger partial charge in [0, 0.05) is 32.3 Å². The smallest absolute Gasteiger partial charge is 0.244 e. The Morgan fingerprint density at radius 2 is 1.87 bits per heavy atom. The van der Waals surface area contributed by atoms with Crippen LogP contribution in [0.25, 0.3) is 10.9 Å². The van der Waals surface area contributed by atoms with Gasteiger partial charge in [-0.25, -0.2) is 0 Å². The van der Waals surface area contributed by atoms with Crippen LogP contribution in [0.15, 0.2) is 53.0 Å². The van der Waals surface area contributed by atoms with Gasteiger partial charge >= 0.3 is 0 Å². The molecule has 3 aromatic rings. The maximum atomic E-state index is 12.3. The molecule has 1 heterocycles. The summed E-state index contributed by atoms with van der Waals surface area (Å²) < 4.78 is 2.83. The molecule has 0 unspecified atom stereocenters. The Hall–Kier alpha value is -2.40. The fourth-order valence-corrected chi connectivity index (χ4v) is 2.95. The van der Waals surface area contributed by atoms with Crippen molar-refractivity contribution < 1.29 is 9.59 Å². The van der Waals surface area contributed by atoms with Gasteiger partial charge in [0.25, 0.3) is 0 Å². The molecule has 3 rings (SSSR count). The second-order valence-corrected chi connectivity index (χ2v) is 6.19. The summed E-state index contributed by atoms with van der Waals surface area (Å²) in [6, 6.07) is 15.0. The molecule has 4 nitrogen and oxygen atoms in total. The third-order valence-electron chi connectivity index (χ3n) is 3.83. The quantitative estimate of drug-likeness (QED) is 0.700. The van der Waals surface area contributed by atoms with Crippen LogP contribution in [0, 0.1) is 6.92 Å². The van der Waals surface area contributed by atoms with Crippen molar-refractivity contribution in [1.29, 1.82) is 0 Å². The molecule has 1 amide bonds. The molecule has 2 aromatic carbocycles. The third-order valence-corrected chi connectivity index (χ3v) is 4.36. The van der Waals surface area contributed by atoms with E-state index in [0.29, 0.717) is 5.56 Å². The Morgan fingerprint density at radius 3 is 2.57 bits per heavy atom. The van der Waals surface area contributed by atoms with Crippen LogP contribution in [-0.4, -0.2) is 16.8 Å². The number of hydrogen-bond donors (Lipinski definition) is 1. The molecule has 0 aliphatic rings. The number of aldehydes is 1. The maximum absolute atomic E-state index is 12.3. The zero-order valence-corrected chi connectivity index (χ0v) is 14.1. The molecule has 0 radical (unpaired) electrons. The number of carbonyl (C=O) groups is 2. The monoisotopic (exact) mass is 370 g/mol. The van der Waals surface area contributed by atoms with E-state index in [1.54, 1.807) is 0 Å². The molecule has 0 spiro atoms. The second kappa shape index (κ2) is 6.38. The average molecular weight is 371 g/mol. The number of hydrogen-bond acceptors (Lipinski definition) is 2. The van der Waals surface area contributed by atoms with Crippen LogP contribution in [0.2, 0.25) is 0 Å². The van der Waals surface area contributed by atoms with Crippen molar-refractivity contribution in [3.8, 4) is 0 Å². The van der Waals surface area contributed by atoms with Crippen LogP contribution in [0.4, 0.5) is 5.69 Å². The highest BCUT2D eigenvalue weighted by molar-refractivity contribution is 9.10. The third kappa shape index (κ3) is 3.05. The molecule has 1 aromatic heterocycles. The van der Waals surface area contributed by atoms with Crippen LogP contribution in [0.3, 0.4) is 0 Å². The molecule has 116 valence electrons. The Bertz CT molecular complexity index is 882. The van der Waals surface area contributed by atoms with Crippen molar-refractivity contribution in [1.82, 2.24) is 4.57 Å². The normalized spacial score (nSPS) is 10.7. The second-order valence-electron chi connectivity index (χ2n) is 5.28. The minimum atomic E-state index is -0.131. The number of carbonyl (C=O) groups excluding carboxylic acids is 2. The summed E-state index contributed by atoms with van der Waals surface area (Å²) in [6.45, 7) is 2.02. The number of rotatable bonds is 4. The Labute approximate surface area is 142 Å². The molecule has 0 aliphatic carbocycles. The fraction of sp³-hybridized carbons (Fsp3) is 0.111. The maximum Gasteiger partial charge on any atom is 0.244 e. The van der Waals surface area contributed by atoms with Gasteiger partial charge in [-0.3, -0.25) is 9.59 Å². The van der Waals surface area contributed by atoms with E-state index in [9.17, 15) is 9.59 Å². The topological polar surface area (TPSA) is 51.1 Å². The molecule has 23 heavy (non-hydrogen) atoms. The van der Waals surface area contributed by atoms with Gasteiger partial charge in [-0.15, -0.1) is 0 Å². The van der Waals surface area contributed by atoms with E-state index in [0.717, 1.165) is 33.0 Å². The van der Waals surface area contributed by atoms with Gasteiger partial charge in [0.05, 0.1) is 0 Å². The zero-order chi connectivity index (χ0) is 16.4. The highest BCUT2D eigenvalue weighted by Gasteiger charge is 2.15. The molecule has 0 saturated heterocycles. The number of aromatic nitrogens is 1. The average Bonchev–Trinajstić information content (AvgIpc) is 2.81. The Balaban J connectivity index is 1.89. The summed E-state index contributed by atoms with van der Waals surface area (Å²) in [7, 11) is 0. The number of nitrogens with zero attached hydrogens (tertiary/aromatic N) is 1. The van der Waals surface area contributed by atoms with Gasteiger partial charge in [-0.2, -0.15) is 0 Å². The highest BCUT2D eigenvalue weighted by atomic mass is 79.9. The first-order valence-corrected chi connectivity index (χ1v) is 7.98. The number of halogens is 1. The molecule has 1 N–H and O–H groups in total. The van der Waals surface area contributed by atoms with Crippen LogP contribution in [0.1, 0.15) is 16.1 Å². The lowest BCUT2D eigenvalue weighted by molar-refractivity contribution is -0.116. The molecule has 0 bridgehead atoms. The van der Waals surface area contributed by atoms with Crippen molar-refractivity contribution >= 4 is 44.7 Å². The Morgan fingerprint density at radius 1 is 1.17 bits per heavy atom. The summed E-state index contributed by atoms with van der Waals surface area (Å²) in [4.78, 5) is 23.7. The van der Waals surface area contributed by atoms with Gasteiger partial charge in [-0.1, -0.05) is 34.1 Å². The van der Waals surface area contributed by atoms with Crippen molar-refractivity contribution in [2.24, 2.45) is 0 Å². The number of nitrogens with one attached hydrogen (secondary N) is 1. The molecule has 0 fully saturated rings. The summed E-state index contributed by atoms with van der Waals surface area (Å²) >= 11 is 3.36. The van der Waals surface area contributed by atoms with Crippen molar-refractivity contribution in [3.63, 3.8) is 0 Å². The lowest BCUT2D eigenvalue weighted by atomic mass is 10.1. The standard InChI is InChI=1S/C18H15BrN2O2/c1-12-16(11-22)15-4-2-3-5-17(15)21(12)10-18(23)20-14-8-6-13(19)7-9-14/h2-9,11H,10H2,1H3,(H,20,23). The van der Waals surface area contributed by atoms with E-state index in [1.807, 2.05) is 60.0 Å². The molecule has 0 aliphatic heterocycles. The van der Waals surface area contributed by atoms with Crippen molar-refractivity contribution in [2.75, 3.05) is 5.32 Å². The first kappa shape index (κ1) is 15.5. The van der Waals surface area contributed by atoms with Gasteiger partial charge < -0.3 is 9.88 Å². The van der Waals surface area contributed by atoms with E-state index >= 15 is 0 Å². The van der Waals surface area contributed by atoms with E-state index in [1.165, 1.54) is 0 Å². The van der Waals surface area contributed by atoms with Crippen LogP contribution in [-0.2, 0) is 11.3 Å². The zero-order valence-electron chi connectivity index (χ0n) is 12.5. The number of anilines is 1. The summed E-state index contributed by atoms with van der Waals surface area (Å²) in [6.07, 6.45) is 0.848. The molecule has 5 heteroatoms. The molecular formula is C18H15BrN2O2. The van der Waals surface area contributed by atoms with E-state index in [2.05, 4.69) is 21.2 Å². The molecule has 0 saturated carbocycles. The fourth-order valence-electron chi connectivity index (χ4n) is 2.69. The molecule has 0 atom stereocenters. The SMILES string of the molecule is Cc1c(C=O)c2ccccc2n1CC(=O)Nc1ccc(Br)cc1. The first-order chi connectivity index (χ1) is 11.1. The van der Waals surface area contributed by atoms with E-state index in [-0.39, 0.29) is 12.5 Å². The van der Waals surface area contributed by atoms with Crippen LogP contribution >= 0.6 is 15.9 Å². The van der Waals surface area contributed by atoms with Crippen LogP contribution in [0.5, 0.6) is 0 Å². The van der Waals surface area contributed by atoms with E-state index < -0.39 is 0 Å². The number of para-hydroxylation sites is 1. The predicted molar refractivity (Wildman–Crippen MR) is 94.8 cm³/mol. The number of amides is 1. The van der Waals surface area contributed by atoms with Crippen LogP contribution < -0.4 is 5.32 Å². The predicted octanol–water partition coefficient (Wildman–Crippen LogP) is 4.16. The van der Waals surface area contributed by atoms with Gasteiger partial charge in [0.15, 0.2) is 6.29 Å². The lowest BCUT2D eigenvalue weighted by Crippen LogP contribution is -2.19. The van der Waals surface area contributed by atoms with Crippen molar-refractivity contribution in [3.05, 3.63) is 64.3 Å². The number of benzene rings is 2. The first-order valence-electron chi connectivity index (χ1n) is 7.18. The van der Waals surface area contributed by atoms with E-state index in [4.69, 9.17) is 0 Å². The van der Waals surface area contributed by atoms with Gasteiger partial charge in [-0.05, 0) is 37.3 Å². The molecular weight excluding hydrogens is 356 g/mol. The van der Waals surface area contributed by atoms with Gasteiger partial charge in [0.1, 0.15) is 6.54 Å². The summed E-state index contributed by atoms with van der Waals surface area (Å²) in [5.74, 6) is -0.131. The highest BCUT2D eigenvalue weighted by Crippen LogP contribution is 2.24. The Kier molecular flexibility index (Phi) is 4.30. The number of fused-ring (bicyclic) bond motifs is 1. The summed E-state index contributed by atoms with van der Waals surface area (Å²) in [5, 5.41) is 3.74.